The van der Waals surface area contributed by atoms with E-state index < -0.39 is 0 Å². The van der Waals surface area contributed by atoms with Crippen molar-refractivity contribution >= 4 is 11.5 Å². The van der Waals surface area contributed by atoms with E-state index in [-0.39, 0.29) is 29.0 Å². The van der Waals surface area contributed by atoms with Crippen LogP contribution in [-0.4, -0.2) is 22.7 Å². The highest BCUT2D eigenvalue weighted by Gasteiger charge is 2.11. The van der Waals surface area contributed by atoms with Gasteiger partial charge < -0.3 is 19.7 Å². The molecule has 1 N–H and O–H groups in total. The van der Waals surface area contributed by atoms with Gasteiger partial charge in [-0.15, -0.1) is 0 Å². The topological polar surface area (TPSA) is 90.1 Å². The van der Waals surface area contributed by atoms with Crippen molar-refractivity contribution in [3.05, 3.63) is 94.7 Å². The number of carbonyl (C=O) groups excluding carboxylic acids is 1. The normalized spacial score (nSPS) is 10.4. The van der Waals surface area contributed by atoms with Crippen molar-refractivity contribution in [2.75, 3.05) is 12.3 Å². The second-order valence-electron chi connectivity index (χ2n) is 6.11. The van der Waals surface area contributed by atoms with Gasteiger partial charge in [-0.1, -0.05) is 30.3 Å². The predicted octanol–water partition coefficient (Wildman–Crippen LogP) is 3.17. The molecule has 0 spiro atoms. The first kappa shape index (κ1) is 19.3. The zero-order chi connectivity index (χ0) is 19.9. The van der Waals surface area contributed by atoms with Gasteiger partial charge in [0.1, 0.15) is 5.75 Å². The molecule has 1 aromatic heterocycles. The van der Waals surface area contributed by atoms with Crippen molar-refractivity contribution in [3.63, 3.8) is 0 Å². The Kier molecular flexibility index (Phi) is 6.21. The predicted molar refractivity (Wildman–Crippen MR) is 105 cm³/mol. The number of carbonyl (C=O) groups is 1. The molecular weight excluding hydrogens is 358 g/mol. The quantitative estimate of drug-likeness (QED) is 0.504. The van der Waals surface area contributed by atoms with E-state index in [9.17, 15) is 10.0 Å². The number of ether oxygens (including phenoxy) is 1. The second-order valence-corrected chi connectivity index (χ2v) is 6.11. The smallest absolute Gasteiger partial charge is 0.182 e. The SMILES string of the molecule is COc1ccc(C(=O)Cn2ccc(=NCc3ccccc3)cc2)cc1N([O-])O. The summed E-state index contributed by atoms with van der Waals surface area (Å²) in [6, 6.07) is 18.0. The van der Waals surface area contributed by atoms with E-state index in [0.29, 0.717) is 12.1 Å². The molecule has 2 aromatic carbocycles. The van der Waals surface area contributed by atoms with Crippen LogP contribution in [0, 0.1) is 5.21 Å². The third kappa shape index (κ3) is 4.85. The highest BCUT2D eigenvalue weighted by atomic mass is 16.8. The molecule has 0 radical (unpaired) electrons. The second kappa shape index (κ2) is 8.98. The van der Waals surface area contributed by atoms with Gasteiger partial charge in [0.25, 0.3) is 0 Å². The first-order chi connectivity index (χ1) is 13.6. The molecule has 0 aliphatic heterocycles. The van der Waals surface area contributed by atoms with Gasteiger partial charge in [-0.25, -0.2) is 0 Å². The lowest BCUT2D eigenvalue weighted by atomic mass is 10.1. The van der Waals surface area contributed by atoms with Crippen LogP contribution in [0.15, 0.2) is 78.0 Å². The summed E-state index contributed by atoms with van der Waals surface area (Å²) in [7, 11) is 1.38. The fourth-order valence-electron chi connectivity index (χ4n) is 2.70. The van der Waals surface area contributed by atoms with E-state index in [0.717, 1.165) is 10.9 Å². The Morgan fingerprint density at radius 3 is 2.50 bits per heavy atom. The molecule has 0 aliphatic carbocycles. The molecular formula is C21H20N3O4-. The van der Waals surface area contributed by atoms with E-state index >= 15 is 0 Å². The summed E-state index contributed by atoms with van der Waals surface area (Å²) >= 11 is 0. The van der Waals surface area contributed by atoms with Crippen LogP contribution < -0.4 is 15.3 Å². The van der Waals surface area contributed by atoms with Crippen molar-refractivity contribution < 1.29 is 14.7 Å². The molecule has 0 unspecified atom stereocenters. The molecule has 0 bridgehead atoms. The minimum Gasteiger partial charge on any atom is -0.733 e. The van der Waals surface area contributed by atoms with Gasteiger partial charge in [-0.05, 0) is 35.9 Å². The van der Waals surface area contributed by atoms with Gasteiger partial charge in [-0.2, -0.15) is 0 Å². The van der Waals surface area contributed by atoms with E-state index in [4.69, 9.17) is 9.94 Å². The first-order valence-electron chi connectivity index (χ1n) is 8.64. The first-order valence-corrected chi connectivity index (χ1v) is 8.64. The van der Waals surface area contributed by atoms with Gasteiger partial charge in [0.2, 0.25) is 0 Å². The van der Waals surface area contributed by atoms with Crippen LogP contribution in [0.3, 0.4) is 0 Å². The van der Waals surface area contributed by atoms with Gasteiger partial charge >= 0.3 is 0 Å². The summed E-state index contributed by atoms with van der Waals surface area (Å²) in [5.41, 5.74) is 1.31. The number of pyridine rings is 1. The average molecular weight is 378 g/mol. The van der Waals surface area contributed by atoms with Crippen molar-refractivity contribution in [1.82, 2.24) is 4.57 Å². The number of anilines is 1. The Hall–Kier alpha value is -3.42. The van der Waals surface area contributed by atoms with Crippen LogP contribution in [0.2, 0.25) is 0 Å². The minimum absolute atomic E-state index is 0.0923. The van der Waals surface area contributed by atoms with Gasteiger partial charge in [0.15, 0.2) is 5.78 Å². The fourth-order valence-corrected chi connectivity index (χ4v) is 2.70. The molecule has 0 aliphatic rings. The number of hydrogen-bond donors (Lipinski definition) is 1. The molecule has 7 nitrogen and oxygen atoms in total. The molecule has 0 saturated heterocycles. The third-order valence-electron chi connectivity index (χ3n) is 4.19. The lowest BCUT2D eigenvalue weighted by Crippen LogP contribution is -2.14. The number of ketones is 1. The maximum Gasteiger partial charge on any atom is 0.182 e. The van der Waals surface area contributed by atoms with Gasteiger partial charge in [-0.3, -0.25) is 15.0 Å². The van der Waals surface area contributed by atoms with Crippen molar-refractivity contribution in [1.29, 1.82) is 0 Å². The van der Waals surface area contributed by atoms with Gasteiger partial charge in [0.05, 0.1) is 31.2 Å². The van der Waals surface area contributed by atoms with E-state index in [1.54, 1.807) is 23.0 Å². The number of methoxy groups -OCH3 is 1. The van der Waals surface area contributed by atoms with Gasteiger partial charge in [0, 0.05) is 18.0 Å². The summed E-state index contributed by atoms with van der Waals surface area (Å²) in [5, 5.41) is 20.9. The van der Waals surface area contributed by atoms with Crippen molar-refractivity contribution in [2.45, 2.75) is 13.1 Å². The molecule has 0 saturated carbocycles. The Morgan fingerprint density at radius 1 is 1.14 bits per heavy atom. The molecule has 1 heterocycles. The highest BCUT2D eigenvalue weighted by molar-refractivity contribution is 5.97. The van der Waals surface area contributed by atoms with E-state index in [2.05, 4.69) is 4.99 Å². The lowest BCUT2D eigenvalue weighted by molar-refractivity contribution is 0.0972. The zero-order valence-electron chi connectivity index (χ0n) is 15.4. The maximum absolute atomic E-state index is 12.5. The molecule has 0 amide bonds. The number of Topliss-reactive ketones (excluding diaryl/α,β-unsaturated/α-hetero) is 1. The molecule has 3 rings (SSSR count). The van der Waals surface area contributed by atoms with Crippen molar-refractivity contribution in [2.24, 2.45) is 4.99 Å². The Balaban J connectivity index is 1.70. The van der Waals surface area contributed by atoms with Crippen LogP contribution in [-0.2, 0) is 13.1 Å². The largest absolute Gasteiger partial charge is 0.733 e. The number of benzene rings is 2. The number of hydrogen-bond acceptors (Lipinski definition) is 6. The number of nitrogens with zero attached hydrogens (tertiary/aromatic N) is 3. The number of rotatable bonds is 7. The molecule has 144 valence electrons. The Bertz CT molecular complexity index is 993. The summed E-state index contributed by atoms with van der Waals surface area (Å²) in [6.07, 6.45) is 3.55. The lowest BCUT2D eigenvalue weighted by Gasteiger charge is -2.24. The van der Waals surface area contributed by atoms with Crippen LogP contribution >= 0.6 is 0 Å². The number of aromatic nitrogens is 1. The molecule has 7 heteroatoms. The fraction of sp³-hybridized carbons (Fsp3) is 0.143. The van der Waals surface area contributed by atoms with Crippen LogP contribution in [0.1, 0.15) is 15.9 Å². The summed E-state index contributed by atoms with van der Waals surface area (Å²) in [4.78, 5) is 17.0. The van der Waals surface area contributed by atoms with E-state index in [1.165, 1.54) is 19.2 Å². The van der Waals surface area contributed by atoms with Crippen LogP contribution in [0.5, 0.6) is 5.75 Å². The standard InChI is InChI=1S/C21H20N3O4/c1-28-21-8-7-17(13-19(21)24(26)27)20(25)15-23-11-9-18(10-12-23)22-14-16-5-3-2-4-6-16/h2-13,26H,14-15H2,1H3/q-1. The average Bonchev–Trinajstić information content (AvgIpc) is 2.73. The Morgan fingerprint density at radius 2 is 1.86 bits per heavy atom. The monoisotopic (exact) mass is 378 g/mol. The zero-order valence-corrected chi connectivity index (χ0v) is 15.4. The molecule has 0 fully saturated rings. The summed E-state index contributed by atoms with van der Waals surface area (Å²) in [5.74, 6) is -0.0178. The summed E-state index contributed by atoms with van der Waals surface area (Å²) < 4.78 is 6.72. The summed E-state index contributed by atoms with van der Waals surface area (Å²) in [6.45, 7) is 0.681. The Labute approximate surface area is 162 Å². The third-order valence-corrected chi connectivity index (χ3v) is 4.19. The van der Waals surface area contributed by atoms with Crippen molar-refractivity contribution in [3.8, 4) is 5.75 Å². The molecule has 0 atom stereocenters. The molecule has 28 heavy (non-hydrogen) atoms. The van der Waals surface area contributed by atoms with Crippen LogP contribution in [0.4, 0.5) is 5.69 Å². The highest BCUT2D eigenvalue weighted by Crippen LogP contribution is 2.28. The van der Waals surface area contributed by atoms with E-state index in [1.807, 2.05) is 42.5 Å². The maximum atomic E-state index is 12.5. The molecule has 3 aromatic rings. The minimum atomic E-state index is -0.314. The van der Waals surface area contributed by atoms with Crippen LogP contribution in [0.25, 0.3) is 0 Å².